The van der Waals surface area contributed by atoms with Crippen LogP contribution >= 0.6 is 0 Å². The van der Waals surface area contributed by atoms with E-state index in [2.05, 4.69) is 53.9 Å². The maximum atomic E-state index is 14.6. The lowest BCUT2D eigenvalue weighted by atomic mass is 9.88. The van der Waals surface area contributed by atoms with E-state index in [1.54, 1.807) is 11.8 Å². The van der Waals surface area contributed by atoms with E-state index in [0.717, 1.165) is 17.2 Å². The highest BCUT2D eigenvalue weighted by atomic mass is 28.3. The van der Waals surface area contributed by atoms with Crippen LogP contribution in [0.15, 0.2) is 77.9 Å². The van der Waals surface area contributed by atoms with Gasteiger partial charge in [0.1, 0.15) is 30.0 Å². The van der Waals surface area contributed by atoms with Crippen molar-refractivity contribution >= 4 is 25.5 Å². The molecule has 256 valence electrons. The van der Waals surface area contributed by atoms with Gasteiger partial charge in [-0.1, -0.05) is 80.3 Å². The molecule has 3 aromatic rings. The van der Waals surface area contributed by atoms with Crippen molar-refractivity contribution < 1.29 is 27.4 Å². The Labute approximate surface area is 282 Å². The Morgan fingerprint density at radius 2 is 1.60 bits per heavy atom. The van der Waals surface area contributed by atoms with Crippen LogP contribution in [-0.4, -0.2) is 67.8 Å². The Morgan fingerprint density at radius 1 is 0.979 bits per heavy atom. The highest BCUT2D eigenvalue weighted by Crippen LogP contribution is 2.46. The van der Waals surface area contributed by atoms with Crippen LogP contribution in [0.3, 0.4) is 0 Å². The zero-order valence-electron chi connectivity index (χ0n) is 28.4. The molecule has 0 bridgehead atoms. The van der Waals surface area contributed by atoms with Gasteiger partial charge in [0.25, 0.3) is 5.91 Å². The molecule has 0 radical (unpaired) electrons. The first-order valence-corrected chi connectivity index (χ1v) is 20.5. The topological polar surface area (TPSA) is 57.6 Å². The first kappa shape index (κ1) is 34.2. The third-order valence-electron chi connectivity index (χ3n) is 9.34. The quantitative estimate of drug-likeness (QED) is 0.161. The number of fused-ring (bicyclic) bond motifs is 3. The largest absolute Gasteiger partial charge is 0.484 e. The zero-order valence-corrected chi connectivity index (χ0v) is 29.4. The van der Waals surface area contributed by atoms with Crippen molar-refractivity contribution in [1.29, 1.82) is 0 Å². The van der Waals surface area contributed by atoms with Crippen LogP contribution in [0.4, 0.5) is 18.9 Å². The number of hydrogen-bond donors (Lipinski definition) is 0. The Morgan fingerprint density at radius 3 is 2.19 bits per heavy atom. The third-order valence-corrected chi connectivity index (χ3v) is 11.0. The molecule has 0 saturated carbocycles. The number of likely N-dealkylation sites (tertiary alicyclic amines) is 1. The van der Waals surface area contributed by atoms with Crippen molar-refractivity contribution in [1.82, 2.24) is 9.91 Å². The summed E-state index contributed by atoms with van der Waals surface area (Å²) in [5.41, 5.74) is 1.65. The number of hydrazone groups is 1. The molecule has 11 heteroatoms. The second-order valence-corrected chi connectivity index (χ2v) is 20.3. The highest BCUT2D eigenvalue weighted by Gasteiger charge is 2.47. The molecule has 48 heavy (non-hydrogen) atoms. The van der Waals surface area contributed by atoms with Crippen molar-refractivity contribution in [3.8, 4) is 5.75 Å². The number of carbonyl (C=O) groups excluding carboxylic acids is 1. The first-order valence-electron chi connectivity index (χ1n) is 16.8. The minimum atomic E-state index is -4.61. The van der Waals surface area contributed by atoms with Crippen LogP contribution in [0.5, 0.6) is 5.75 Å². The summed E-state index contributed by atoms with van der Waals surface area (Å²) in [6.45, 7) is 11.9. The highest BCUT2D eigenvalue weighted by molar-refractivity contribution is 6.76. The Bertz CT molecular complexity index is 1600. The molecule has 0 aromatic heterocycles. The molecule has 6 rings (SSSR count). The van der Waals surface area contributed by atoms with E-state index in [1.165, 1.54) is 17.1 Å². The average Bonchev–Trinajstić information content (AvgIpc) is 3.19. The normalized spacial score (nSPS) is 19.7. The van der Waals surface area contributed by atoms with Crippen molar-refractivity contribution in [2.75, 3.05) is 31.3 Å². The van der Waals surface area contributed by atoms with Crippen LogP contribution in [0.2, 0.25) is 25.7 Å². The molecule has 7 nitrogen and oxygen atoms in total. The summed E-state index contributed by atoms with van der Waals surface area (Å²) in [6, 6.07) is 23.2. The molecule has 3 aliphatic rings. The lowest BCUT2D eigenvalue weighted by Gasteiger charge is -2.51. The number of amides is 1. The summed E-state index contributed by atoms with van der Waals surface area (Å²) < 4.78 is 56.0. The molecule has 0 aliphatic carbocycles. The van der Waals surface area contributed by atoms with Crippen molar-refractivity contribution in [3.05, 3.63) is 95.1 Å². The van der Waals surface area contributed by atoms with Crippen LogP contribution in [0.25, 0.3) is 0 Å². The van der Waals surface area contributed by atoms with Crippen LogP contribution in [-0.2, 0) is 22.1 Å². The molecule has 1 amide bonds. The summed E-state index contributed by atoms with van der Waals surface area (Å²) in [5.74, 6) is 0.170. The minimum Gasteiger partial charge on any atom is -0.484 e. The number of carbonyl (C=O) groups is 1. The minimum absolute atomic E-state index is 0.0559. The van der Waals surface area contributed by atoms with E-state index in [-0.39, 0.29) is 24.4 Å². The summed E-state index contributed by atoms with van der Waals surface area (Å²) in [7, 11) is -1.30. The average molecular weight is 679 g/mol. The standard InChI is InChI=1S/C37H45F3N4O3Si/c1-26-35(45)43(25-46-19-20-48(3,4)5)41-33-18-12-17-29-21-30(37(38,39)40)32(22-31(29)44(26)33)47-36(2)23-42(24-36)34(27-13-8-6-9-14-27)28-15-10-7-11-16-28/h6-11,13-16,21-22,26,34H,12,17-20,23-25H2,1-5H3. The Hall–Kier alpha value is -3.67. The van der Waals surface area contributed by atoms with Gasteiger partial charge in [0.05, 0.1) is 11.6 Å². The molecule has 1 unspecified atom stereocenters. The van der Waals surface area contributed by atoms with Crippen LogP contribution in [0.1, 0.15) is 55.0 Å². The number of anilines is 1. The monoisotopic (exact) mass is 678 g/mol. The Kier molecular flexibility index (Phi) is 9.49. The van der Waals surface area contributed by atoms with Gasteiger partial charge in [-0.15, -0.1) is 0 Å². The molecular weight excluding hydrogens is 634 g/mol. The summed E-state index contributed by atoms with van der Waals surface area (Å²) in [6.07, 6.45) is -3.04. The second-order valence-electron chi connectivity index (χ2n) is 14.7. The van der Waals surface area contributed by atoms with Gasteiger partial charge < -0.3 is 14.4 Å². The SMILES string of the molecule is CC1C(=O)N(COCC[Si](C)(C)C)N=C2CCCc3cc(C(F)(F)F)c(OC4(C)CN(C(c5ccccc5)c5ccccc5)C4)cc3N21. The van der Waals surface area contributed by atoms with Crippen LogP contribution < -0.4 is 9.64 Å². The molecule has 1 fully saturated rings. The van der Waals surface area contributed by atoms with E-state index < -0.39 is 31.5 Å². The number of rotatable bonds is 10. The lowest BCUT2D eigenvalue weighted by Crippen LogP contribution is -2.64. The third kappa shape index (κ3) is 7.33. The van der Waals surface area contributed by atoms with Gasteiger partial charge in [-0.2, -0.15) is 18.3 Å². The van der Waals surface area contributed by atoms with Gasteiger partial charge in [-0.25, -0.2) is 5.01 Å². The number of alkyl halides is 3. The summed E-state index contributed by atoms with van der Waals surface area (Å²) in [5, 5.41) is 6.03. The van der Waals surface area contributed by atoms with E-state index in [1.807, 2.05) is 43.3 Å². The van der Waals surface area contributed by atoms with Crippen molar-refractivity contribution in [2.45, 2.75) is 82.7 Å². The molecule has 3 aliphatic heterocycles. The van der Waals surface area contributed by atoms with Gasteiger partial charge in [0, 0.05) is 45.9 Å². The van der Waals surface area contributed by atoms with Gasteiger partial charge in [-0.3, -0.25) is 9.69 Å². The zero-order chi connectivity index (χ0) is 34.3. The number of halogens is 3. The number of hydrogen-bond acceptors (Lipinski definition) is 6. The molecule has 3 heterocycles. The maximum absolute atomic E-state index is 14.6. The van der Waals surface area contributed by atoms with Gasteiger partial charge in [-0.05, 0) is 55.5 Å². The Balaban J connectivity index is 1.27. The molecular formula is C37H45F3N4O3Si. The summed E-state index contributed by atoms with van der Waals surface area (Å²) in [4.78, 5) is 17.5. The number of benzene rings is 3. The fourth-order valence-corrected chi connectivity index (χ4v) is 7.67. The van der Waals surface area contributed by atoms with Gasteiger partial charge >= 0.3 is 6.18 Å². The van der Waals surface area contributed by atoms with Crippen molar-refractivity contribution in [2.24, 2.45) is 5.10 Å². The smallest absolute Gasteiger partial charge is 0.419 e. The fraction of sp³-hybridized carbons (Fsp3) is 0.459. The molecule has 1 atom stereocenters. The fourth-order valence-electron chi connectivity index (χ4n) is 6.92. The predicted molar refractivity (Wildman–Crippen MR) is 185 cm³/mol. The summed E-state index contributed by atoms with van der Waals surface area (Å²) >= 11 is 0. The van der Waals surface area contributed by atoms with Gasteiger partial charge in [0.2, 0.25) is 0 Å². The lowest BCUT2D eigenvalue weighted by molar-refractivity contribution is -0.143. The number of nitrogens with zero attached hydrogens (tertiary/aromatic N) is 4. The van der Waals surface area contributed by atoms with Crippen LogP contribution in [0, 0.1) is 0 Å². The van der Waals surface area contributed by atoms with E-state index in [0.29, 0.717) is 56.0 Å². The predicted octanol–water partition coefficient (Wildman–Crippen LogP) is 7.95. The number of ether oxygens (including phenoxy) is 2. The molecule has 0 N–H and O–H groups in total. The molecule has 1 saturated heterocycles. The molecule has 3 aromatic carbocycles. The first-order chi connectivity index (χ1) is 22.7. The van der Waals surface area contributed by atoms with E-state index >= 15 is 0 Å². The number of aryl methyl sites for hydroxylation is 1. The van der Waals surface area contributed by atoms with E-state index in [4.69, 9.17) is 9.47 Å². The molecule has 0 spiro atoms. The second kappa shape index (κ2) is 13.3. The van der Waals surface area contributed by atoms with Crippen molar-refractivity contribution in [3.63, 3.8) is 0 Å². The number of amidine groups is 1. The van der Waals surface area contributed by atoms with E-state index in [9.17, 15) is 18.0 Å². The maximum Gasteiger partial charge on any atom is 0.419 e. The van der Waals surface area contributed by atoms with Gasteiger partial charge in [0.15, 0.2) is 0 Å².